The van der Waals surface area contributed by atoms with E-state index in [4.69, 9.17) is 0 Å². The highest BCUT2D eigenvalue weighted by Crippen LogP contribution is 2.17. The molecule has 0 radical (unpaired) electrons. The number of rotatable bonds is 3. The zero-order valence-electron chi connectivity index (χ0n) is 7.33. The van der Waals surface area contributed by atoms with Gasteiger partial charge in [-0.25, -0.2) is 14.2 Å². The van der Waals surface area contributed by atoms with Crippen molar-refractivity contribution in [3.05, 3.63) is 35.4 Å². The summed E-state index contributed by atoms with van der Waals surface area (Å²) in [6, 6.07) is 7.04. The van der Waals surface area contributed by atoms with Gasteiger partial charge in [0.2, 0.25) is 6.08 Å². The molecule has 1 atom stereocenters. The number of hydrogen-bond acceptors (Lipinski definition) is 2. The fourth-order valence-corrected chi connectivity index (χ4v) is 0.998. The minimum Gasteiger partial charge on any atom is -0.240 e. The lowest BCUT2D eigenvalue weighted by atomic mass is 10.1. The lowest BCUT2D eigenvalue weighted by molar-refractivity contribution is 0.353. The van der Waals surface area contributed by atoms with E-state index in [1.807, 2.05) is 19.1 Å². The first-order valence-corrected chi connectivity index (χ1v) is 3.98. The van der Waals surface area contributed by atoms with Gasteiger partial charge in [-0.1, -0.05) is 29.8 Å². The third-order valence-electron chi connectivity index (χ3n) is 1.76. The van der Waals surface area contributed by atoms with Crippen molar-refractivity contribution >= 4 is 6.08 Å². The Kier molecular flexibility index (Phi) is 3.35. The molecule has 0 saturated carbocycles. The highest BCUT2D eigenvalue weighted by molar-refractivity contribution is 5.33. The molecule has 1 aromatic rings. The number of halogens is 1. The fourth-order valence-electron chi connectivity index (χ4n) is 0.998. The monoisotopic (exact) mass is 179 g/mol. The summed E-state index contributed by atoms with van der Waals surface area (Å²) in [5.41, 5.74) is 1.62. The second-order valence-corrected chi connectivity index (χ2v) is 2.81. The van der Waals surface area contributed by atoms with Gasteiger partial charge in [-0.2, -0.15) is 0 Å². The summed E-state index contributed by atoms with van der Waals surface area (Å²) in [5.74, 6) is 0. The summed E-state index contributed by atoms with van der Waals surface area (Å²) in [4.78, 5) is 12.9. The van der Waals surface area contributed by atoms with E-state index < -0.39 is 6.17 Å². The molecule has 1 rings (SSSR count). The Hall–Kier alpha value is -1.47. The van der Waals surface area contributed by atoms with Crippen molar-refractivity contribution in [1.82, 2.24) is 0 Å². The predicted octanol–water partition coefficient (Wildman–Crippen LogP) is 2.34. The summed E-state index contributed by atoms with van der Waals surface area (Å²) in [6.45, 7) is 1.78. The molecule has 0 bridgehead atoms. The number of benzene rings is 1. The SMILES string of the molecule is Cc1ccc(C(F)CN=C=O)cc1. The average Bonchev–Trinajstić information content (AvgIpc) is 2.15. The Balaban J connectivity index is 2.71. The maximum absolute atomic E-state index is 13.2. The van der Waals surface area contributed by atoms with E-state index in [9.17, 15) is 9.18 Å². The number of carbonyl (C=O) groups excluding carboxylic acids is 1. The van der Waals surface area contributed by atoms with Crippen LogP contribution in [0.1, 0.15) is 17.3 Å². The summed E-state index contributed by atoms with van der Waals surface area (Å²) < 4.78 is 13.2. The second kappa shape index (κ2) is 4.53. The summed E-state index contributed by atoms with van der Waals surface area (Å²) in [6.07, 6.45) is 0.108. The third-order valence-corrected chi connectivity index (χ3v) is 1.76. The Morgan fingerprint density at radius 1 is 1.46 bits per heavy atom. The maximum Gasteiger partial charge on any atom is 0.235 e. The first-order chi connectivity index (χ1) is 6.24. The Morgan fingerprint density at radius 3 is 2.62 bits per heavy atom. The van der Waals surface area contributed by atoms with Crippen LogP contribution in [-0.4, -0.2) is 12.6 Å². The van der Waals surface area contributed by atoms with E-state index in [1.54, 1.807) is 12.1 Å². The molecule has 0 saturated heterocycles. The zero-order valence-corrected chi connectivity index (χ0v) is 7.33. The van der Waals surface area contributed by atoms with Crippen LogP contribution < -0.4 is 0 Å². The Bertz CT molecular complexity index is 314. The van der Waals surface area contributed by atoms with Crippen LogP contribution in [0.15, 0.2) is 29.3 Å². The van der Waals surface area contributed by atoms with Crippen molar-refractivity contribution in [1.29, 1.82) is 0 Å². The minimum absolute atomic E-state index is 0.146. The van der Waals surface area contributed by atoms with Gasteiger partial charge in [-0.05, 0) is 12.5 Å². The van der Waals surface area contributed by atoms with Crippen LogP contribution in [0.2, 0.25) is 0 Å². The smallest absolute Gasteiger partial charge is 0.235 e. The third kappa shape index (κ3) is 2.80. The first kappa shape index (κ1) is 9.62. The highest BCUT2D eigenvalue weighted by atomic mass is 19.1. The van der Waals surface area contributed by atoms with Gasteiger partial charge in [0, 0.05) is 0 Å². The van der Waals surface area contributed by atoms with E-state index in [1.165, 1.54) is 6.08 Å². The number of aliphatic imine (C=N–C) groups is 1. The van der Waals surface area contributed by atoms with Crippen molar-refractivity contribution in [3.8, 4) is 0 Å². The second-order valence-electron chi connectivity index (χ2n) is 2.81. The molecule has 68 valence electrons. The zero-order chi connectivity index (χ0) is 9.68. The van der Waals surface area contributed by atoms with Gasteiger partial charge in [0.1, 0.15) is 6.17 Å². The van der Waals surface area contributed by atoms with Crippen LogP contribution in [-0.2, 0) is 4.79 Å². The van der Waals surface area contributed by atoms with Gasteiger partial charge in [0.05, 0.1) is 6.54 Å². The van der Waals surface area contributed by atoms with Gasteiger partial charge in [0.25, 0.3) is 0 Å². The van der Waals surface area contributed by atoms with Crippen molar-refractivity contribution in [2.45, 2.75) is 13.1 Å². The molecule has 0 aromatic heterocycles. The Morgan fingerprint density at radius 2 is 2.08 bits per heavy atom. The molecule has 0 aliphatic carbocycles. The number of hydrogen-bond donors (Lipinski definition) is 0. The quantitative estimate of drug-likeness (QED) is 0.517. The van der Waals surface area contributed by atoms with Crippen LogP contribution in [0, 0.1) is 6.92 Å². The van der Waals surface area contributed by atoms with Gasteiger partial charge in [0.15, 0.2) is 0 Å². The molecule has 0 amide bonds. The van der Waals surface area contributed by atoms with Crippen LogP contribution in [0.25, 0.3) is 0 Å². The van der Waals surface area contributed by atoms with Gasteiger partial charge >= 0.3 is 0 Å². The molecule has 3 heteroatoms. The van der Waals surface area contributed by atoms with Crippen LogP contribution in [0.3, 0.4) is 0 Å². The van der Waals surface area contributed by atoms with E-state index >= 15 is 0 Å². The van der Waals surface area contributed by atoms with Crippen LogP contribution in [0.4, 0.5) is 4.39 Å². The minimum atomic E-state index is -1.21. The number of nitrogens with zero attached hydrogens (tertiary/aromatic N) is 1. The largest absolute Gasteiger partial charge is 0.240 e. The van der Waals surface area contributed by atoms with E-state index in [2.05, 4.69) is 4.99 Å². The molecule has 0 heterocycles. The molecule has 0 N–H and O–H groups in total. The molecule has 1 unspecified atom stereocenters. The van der Waals surface area contributed by atoms with E-state index in [0.29, 0.717) is 5.56 Å². The maximum atomic E-state index is 13.2. The van der Waals surface area contributed by atoms with Crippen molar-refractivity contribution < 1.29 is 9.18 Å². The van der Waals surface area contributed by atoms with Crippen molar-refractivity contribution in [2.75, 3.05) is 6.54 Å². The van der Waals surface area contributed by atoms with Crippen LogP contribution >= 0.6 is 0 Å². The summed E-state index contributed by atoms with van der Waals surface area (Å²) in [7, 11) is 0. The highest BCUT2D eigenvalue weighted by Gasteiger charge is 2.07. The lowest BCUT2D eigenvalue weighted by Gasteiger charge is -2.04. The van der Waals surface area contributed by atoms with Gasteiger partial charge in [-0.3, -0.25) is 0 Å². The number of alkyl halides is 1. The molecule has 0 aliphatic heterocycles. The van der Waals surface area contributed by atoms with E-state index in [0.717, 1.165) is 5.56 Å². The molecule has 0 aliphatic rings. The first-order valence-electron chi connectivity index (χ1n) is 3.98. The van der Waals surface area contributed by atoms with Gasteiger partial charge < -0.3 is 0 Å². The molecule has 1 aromatic carbocycles. The molecule has 0 spiro atoms. The van der Waals surface area contributed by atoms with Crippen molar-refractivity contribution in [2.24, 2.45) is 4.99 Å². The topological polar surface area (TPSA) is 29.4 Å². The predicted molar refractivity (Wildman–Crippen MR) is 48.0 cm³/mol. The molecule has 13 heavy (non-hydrogen) atoms. The van der Waals surface area contributed by atoms with Gasteiger partial charge in [-0.15, -0.1) is 0 Å². The van der Waals surface area contributed by atoms with Crippen molar-refractivity contribution in [3.63, 3.8) is 0 Å². The average molecular weight is 179 g/mol. The molecular formula is C10H10FNO. The molecule has 2 nitrogen and oxygen atoms in total. The number of aryl methyl sites for hydroxylation is 1. The van der Waals surface area contributed by atoms with Crippen LogP contribution in [0.5, 0.6) is 0 Å². The molecular weight excluding hydrogens is 169 g/mol. The Labute approximate surface area is 76.1 Å². The molecule has 0 fully saturated rings. The fraction of sp³-hybridized carbons (Fsp3) is 0.300. The number of isocyanates is 1. The standard InChI is InChI=1S/C10H10FNO/c1-8-2-4-9(5-3-8)10(11)6-12-7-13/h2-5,10H,6H2,1H3. The normalized spacial score (nSPS) is 11.8. The van der Waals surface area contributed by atoms with E-state index in [-0.39, 0.29) is 6.54 Å². The summed E-state index contributed by atoms with van der Waals surface area (Å²) in [5, 5.41) is 0. The lowest BCUT2D eigenvalue weighted by Crippen LogP contribution is -1.95. The summed E-state index contributed by atoms with van der Waals surface area (Å²) >= 11 is 0.